The summed E-state index contributed by atoms with van der Waals surface area (Å²) in [5.41, 5.74) is 5.23. The lowest BCUT2D eigenvalue weighted by atomic mass is 9.93. The number of aromatic nitrogens is 1. The minimum atomic E-state index is -1.85. The minimum Gasteiger partial charge on any atom is -0.465 e. The molecule has 0 aliphatic carbocycles. The van der Waals surface area contributed by atoms with E-state index in [1.54, 1.807) is 48.0 Å². The van der Waals surface area contributed by atoms with Crippen LogP contribution in [0.3, 0.4) is 0 Å². The van der Waals surface area contributed by atoms with Crippen molar-refractivity contribution in [2.24, 2.45) is 0 Å². The summed E-state index contributed by atoms with van der Waals surface area (Å²) < 4.78 is 25.0. The zero-order chi connectivity index (χ0) is 28.9. The summed E-state index contributed by atoms with van der Waals surface area (Å²) in [6, 6.07) is 17.8. The van der Waals surface area contributed by atoms with Gasteiger partial charge in [0.15, 0.2) is 8.32 Å². The number of nitrogens with zero attached hydrogens (tertiary/aromatic N) is 1. The third-order valence-corrected chi connectivity index (χ3v) is 13.0. The fraction of sp³-hybridized carbons (Fsp3) is 0.273. The highest BCUT2D eigenvalue weighted by molar-refractivity contribution is 7.17. The summed E-state index contributed by atoms with van der Waals surface area (Å²) in [6.45, 7) is 11.8. The van der Waals surface area contributed by atoms with Gasteiger partial charge < -0.3 is 9.16 Å². The van der Waals surface area contributed by atoms with E-state index in [9.17, 15) is 9.18 Å². The Kier molecular flexibility index (Phi) is 9.04. The van der Waals surface area contributed by atoms with E-state index >= 15 is 0 Å². The predicted molar refractivity (Wildman–Crippen MR) is 164 cm³/mol. The fourth-order valence-electron chi connectivity index (χ4n) is 4.00. The third kappa shape index (κ3) is 6.59. The lowest BCUT2D eigenvalue weighted by molar-refractivity contribution is 0.0600. The molecule has 7 heteroatoms. The molecule has 0 fully saturated rings. The van der Waals surface area contributed by atoms with Crippen LogP contribution in [-0.2, 0) is 9.16 Å². The van der Waals surface area contributed by atoms with Gasteiger partial charge in [-0.1, -0.05) is 56.9 Å². The zero-order valence-corrected chi connectivity index (χ0v) is 25.6. The van der Waals surface area contributed by atoms with Gasteiger partial charge in [-0.2, -0.15) is 0 Å². The summed E-state index contributed by atoms with van der Waals surface area (Å²) in [5.74, 6) is 6.08. The van der Waals surface area contributed by atoms with Crippen LogP contribution >= 0.6 is 11.3 Å². The number of carbonyl (C=O) groups is 1. The molecule has 0 unspecified atom stereocenters. The van der Waals surface area contributed by atoms with Crippen LogP contribution in [0, 0.1) is 17.7 Å². The number of rotatable bonds is 7. The number of hydrogen-bond acceptors (Lipinski definition) is 5. The summed E-state index contributed by atoms with van der Waals surface area (Å²) in [4.78, 5) is 18.2. The Balaban J connectivity index is 1.82. The first-order valence-electron chi connectivity index (χ1n) is 13.2. The van der Waals surface area contributed by atoms with Crippen molar-refractivity contribution in [1.82, 2.24) is 4.98 Å². The number of hydrogen-bond donors (Lipinski definition) is 0. The van der Waals surface area contributed by atoms with Crippen molar-refractivity contribution in [2.45, 2.75) is 45.3 Å². The molecule has 4 rings (SSSR count). The van der Waals surface area contributed by atoms with E-state index in [1.165, 1.54) is 19.2 Å². The number of ether oxygens (including phenoxy) is 1. The first-order chi connectivity index (χ1) is 19.0. The molecule has 4 nitrogen and oxygen atoms in total. The van der Waals surface area contributed by atoms with Crippen LogP contribution in [0.5, 0.6) is 0 Å². The largest absolute Gasteiger partial charge is 0.465 e. The number of esters is 1. The second-order valence-electron chi connectivity index (χ2n) is 11.0. The molecule has 0 aliphatic heterocycles. The van der Waals surface area contributed by atoms with Crippen molar-refractivity contribution in [3.8, 4) is 44.5 Å². The Morgan fingerprint density at radius 3 is 2.12 bits per heavy atom. The van der Waals surface area contributed by atoms with Crippen LogP contribution in [0.15, 0.2) is 73.1 Å². The molecule has 0 bridgehead atoms. The molecular formula is C33H34FNO3SSi. The van der Waals surface area contributed by atoms with Gasteiger partial charge >= 0.3 is 5.97 Å². The highest BCUT2D eigenvalue weighted by atomic mass is 32.1. The van der Waals surface area contributed by atoms with Gasteiger partial charge in [0.05, 0.1) is 17.6 Å². The Hall–Kier alpha value is -3.57. The third-order valence-electron chi connectivity index (χ3n) is 7.28. The van der Waals surface area contributed by atoms with Gasteiger partial charge in [0.2, 0.25) is 0 Å². The summed E-state index contributed by atoms with van der Waals surface area (Å²) >= 11 is 1.58. The van der Waals surface area contributed by atoms with Crippen molar-refractivity contribution < 1.29 is 18.3 Å². The summed E-state index contributed by atoms with van der Waals surface area (Å²) in [6.07, 6.45) is 4.13. The molecule has 0 amide bonds. The highest BCUT2D eigenvalue weighted by Crippen LogP contribution is 2.47. The predicted octanol–water partition coefficient (Wildman–Crippen LogP) is 8.83. The van der Waals surface area contributed by atoms with Gasteiger partial charge in [0.1, 0.15) is 5.82 Å². The maximum Gasteiger partial charge on any atom is 0.337 e. The lowest BCUT2D eigenvalue weighted by Crippen LogP contribution is -2.40. The molecular weight excluding hydrogens is 538 g/mol. The van der Waals surface area contributed by atoms with Gasteiger partial charge in [-0.3, -0.25) is 4.98 Å². The van der Waals surface area contributed by atoms with Crippen LogP contribution in [0.25, 0.3) is 32.7 Å². The molecule has 0 atom stereocenters. The molecule has 40 heavy (non-hydrogen) atoms. The molecule has 2 aromatic carbocycles. The molecule has 2 aromatic heterocycles. The normalized spacial score (nSPS) is 11.6. The standard InChI is InChI=1S/C33H34FNO3SSi/c1-33(2,3)40(5,6)38-22-8-7-9-28-29(23-10-12-26(13-11-23)32(36)37-4)30(24-18-20-35-21-19-24)31(39-28)25-14-16-27(34)17-15-25/h10-21H,8,22H2,1-6H3. The SMILES string of the molecule is COC(=O)c1ccc(-c2c(C#CCCO[Si](C)(C)C(C)(C)C)sc(-c3ccc(F)cc3)c2-c2ccncc2)cc1. The first-order valence-corrected chi connectivity index (χ1v) is 16.9. The number of pyridine rings is 1. The molecule has 0 N–H and O–H groups in total. The van der Waals surface area contributed by atoms with Gasteiger partial charge in [-0.25, -0.2) is 9.18 Å². The number of carbonyl (C=O) groups excluding carboxylic acids is 1. The minimum absolute atomic E-state index is 0.140. The molecule has 0 saturated carbocycles. The smallest absolute Gasteiger partial charge is 0.337 e. The van der Waals surface area contributed by atoms with Crippen LogP contribution in [0.1, 0.15) is 42.4 Å². The Morgan fingerprint density at radius 2 is 1.52 bits per heavy atom. The van der Waals surface area contributed by atoms with E-state index in [2.05, 4.69) is 50.7 Å². The van der Waals surface area contributed by atoms with Gasteiger partial charge in [-0.15, -0.1) is 11.3 Å². The Morgan fingerprint density at radius 1 is 0.925 bits per heavy atom. The first kappa shape index (κ1) is 29.4. The second kappa shape index (κ2) is 12.3. The van der Waals surface area contributed by atoms with Crippen molar-refractivity contribution in [3.05, 3.63) is 89.3 Å². The van der Waals surface area contributed by atoms with E-state index in [4.69, 9.17) is 9.16 Å². The van der Waals surface area contributed by atoms with Gasteiger partial charge in [-0.05, 0) is 71.2 Å². The number of methoxy groups -OCH3 is 1. The van der Waals surface area contributed by atoms with Crippen molar-refractivity contribution in [1.29, 1.82) is 0 Å². The molecule has 0 aliphatic rings. The van der Waals surface area contributed by atoms with Crippen LogP contribution < -0.4 is 0 Å². The molecule has 0 spiro atoms. The Bertz CT molecular complexity index is 1530. The number of thiophene rings is 1. The van der Waals surface area contributed by atoms with E-state index < -0.39 is 8.32 Å². The molecule has 0 saturated heterocycles. The maximum atomic E-state index is 13.8. The monoisotopic (exact) mass is 571 g/mol. The van der Waals surface area contributed by atoms with Crippen molar-refractivity contribution in [2.75, 3.05) is 13.7 Å². The number of halogens is 1. The average molecular weight is 572 g/mol. The second-order valence-corrected chi connectivity index (χ2v) is 16.8. The van der Waals surface area contributed by atoms with Gasteiger partial charge in [0, 0.05) is 41.4 Å². The maximum absolute atomic E-state index is 13.8. The average Bonchev–Trinajstić information content (AvgIpc) is 3.32. The fourth-order valence-corrected chi connectivity index (χ4v) is 6.27. The molecule has 2 heterocycles. The lowest BCUT2D eigenvalue weighted by Gasteiger charge is -2.35. The van der Waals surface area contributed by atoms with Gasteiger partial charge in [0.25, 0.3) is 0 Å². The van der Waals surface area contributed by atoms with E-state index in [-0.39, 0.29) is 16.8 Å². The highest BCUT2D eigenvalue weighted by Gasteiger charge is 2.36. The zero-order valence-electron chi connectivity index (χ0n) is 23.8. The van der Waals surface area contributed by atoms with Crippen molar-refractivity contribution >= 4 is 25.6 Å². The molecule has 0 radical (unpaired) electrons. The summed E-state index contributed by atoms with van der Waals surface area (Å²) in [5, 5.41) is 0.140. The van der Waals surface area contributed by atoms with E-state index in [0.29, 0.717) is 18.6 Å². The van der Waals surface area contributed by atoms with E-state index in [0.717, 1.165) is 37.6 Å². The van der Waals surface area contributed by atoms with Crippen LogP contribution in [0.2, 0.25) is 18.1 Å². The van der Waals surface area contributed by atoms with Crippen LogP contribution in [-0.4, -0.2) is 33.0 Å². The quantitative estimate of drug-likeness (QED) is 0.0962. The van der Waals surface area contributed by atoms with E-state index in [1.807, 2.05) is 24.3 Å². The molecule has 206 valence electrons. The topological polar surface area (TPSA) is 48.4 Å². The van der Waals surface area contributed by atoms with Crippen molar-refractivity contribution in [3.63, 3.8) is 0 Å². The molecule has 4 aromatic rings. The summed E-state index contributed by atoms with van der Waals surface area (Å²) in [7, 11) is -0.484. The van der Waals surface area contributed by atoms with Crippen LogP contribution in [0.4, 0.5) is 4.39 Å². The number of benzene rings is 2. The Labute approximate surface area is 241 Å².